The summed E-state index contributed by atoms with van der Waals surface area (Å²) in [6.07, 6.45) is 3.96. The first-order valence-electron chi connectivity index (χ1n) is 10.7. The molecular formula is C22H32N4O2. The van der Waals surface area contributed by atoms with Gasteiger partial charge < -0.3 is 15.1 Å². The second-order valence-electron chi connectivity index (χ2n) is 8.46. The Balaban J connectivity index is 1.29. The third-order valence-electron chi connectivity index (χ3n) is 6.43. The summed E-state index contributed by atoms with van der Waals surface area (Å²) in [5.74, 6) is 0.651. The number of carbonyl (C=O) groups excluding carboxylic acids is 2. The van der Waals surface area contributed by atoms with Crippen LogP contribution in [0, 0.1) is 5.92 Å². The lowest BCUT2D eigenvalue weighted by atomic mass is 9.92. The molecule has 0 aliphatic carbocycles. The fourth-order valence-electron chi connectivity index (χ4n) is 4.81. The van der Waals surface area contributed by atoms with Crippen LogP contribution in [0.5, 0.6) is 0 Å². The summed E-state index contributed by atoms with van der Waals surface area (Å²) < 4.78 is 0. The number of carbonyl (C=O) groups is 2. The van der Waals surface area contributed by atoms with Crippen molar-refractivity contribution in [3.8, 4) is 0 Å². The number of hydrogen-bond donors (Lipinski definition) is 1. The Hall–Kier alpha value is -1.92. The largest absolute Gasteiger partial charge is 0.340 e. The van der Waals surface area contributed by atoms with Gasteiger partial charge in [0.25, 0.3) is 0 Å². The molecule has 0 radical (unpaired) electrons. The summed E-state index contributed by atoms with van der Waals surface area (Å²) in [5, 5.41) is 3.42. The molecule has 2 fully saturated rings. The number of piperazine rings is 1. The number of aryl methyl sites for hydroxylation is 1. The summed E-state index contributed by atoms with van der Waals surface area (Å²) in [5.41, 5.74) is 2.35. The van der Waals surface area contributed by atoms with E-state index in [0.717, 1.165) is 70.6 Å². The van der Waals surface area contributed by atoms with Crippen molar-refractivity contribution in [2.45, 2.75) is 38.6 Å². The quantitative estimate of drug-likeness (QED) is 0.858. The Labute approximate surface area is 167 Å². The molecule has 3 heterocycles. The van der Waals surface area contributed by atoms with E-state index in [2.05, 4.69) is 29.3 Å². The number of rotatable bonds is 3. The summed E-state index contributed by atoms with van der Waals surface area (Å²) in [6.45, 7) is 7.39. The molecule has 1 aromatic carbocycles. The SMILES string of the molecule is C[C@H]1C[C@@H](C(=O)N2CCN(CC(=O)N3CCCc4ccccc43)CC2)CCN1. The molecule has 1 aromatic rings. The van der Waals surface area contributed by atoms with Crippen LogP contribution in [0.15, 0.2) is 24.3 Å². The van der Waals surface area contributed by atoms with Crippen LogP contribution in [0.2, 0.25) is 0 Å². The zero-order valence-electron chi connectivity index (χ0n) is 16.9. The van der Waals surface area contributed by atoms with Gasteiger partial charge >= 0.3 is 0 Å². The average Bonchev–Trinajstić information content (AvgIpc) is 2.73. The van der Waals surface area contributed by atoms with Crippen molar-refractivity contribution in [2.75, 3.05) is 50.7 Å². The van der Waals surface area contributed by atoms with Gasteiger partial charge in [0.15, 0.2) is 0 Å². The lowest BCUT2D eigenvalue weighted by Gasteiger charge is -2.38. The Kier molecular flexibility index (Phi) is 5.97. The summed E-state index contributed by atoms with van der Waals surface area (Å²) in [7, 11) is 0. The molecule has 0 spiro atoms. The molecule has 3 aliphatic heterocycles. The number of benzene rings is 1. The van der Waals surface area contributed by atoms with E-state index in [1.54, 1.807) is 0 Å². The van der Waals surface area contributed by atoms with Crippen LogP contribution >= 0.6 is 0 Å². The van der Waals surface area contributed by atoms with Crippen LogP contribution in [0.1, 0.15) is 31.7 Å². The summed E-state index contributed by atoms with van der Waals surface area (Å²) in [4.78, 5) is 31.9. The Morgan fingerprint density at radius 1 is 1.11 bits per heavy atom. The number of fused-ring (bicyclic) bond motifs is 1. The maximum absolute atomic E-state index is 12.9. The molecule has 2 saturated heterocycles. The van der Waals surface area contributed by atoms with Crippen LogP contribution in [-0.4, -0.2) is 73.5 Å². The normalized spacial score (nSPS) is 26.0. The monoisotopic (exact) mass is 384 g/mol. The fourth-order valence-corrected chi connectivity index (χ4v) is 4.81. The van der Waals surface area contributed by atoms with Crippen LogP contribution in [0.4, 0.5) is 5.69 Å². The number of nitrogens with zero attached hydrogens (tertiary/aromatic N) is 3. The van der Waals surface area contributed by atoms with Crippen molar-refractivity contribution >= 4 is 17.5 Å². The maximum Gasteiger partial charge on any atom is 0.241 e. The predicted molar refractivity (Wildman–Crippen MR) is 110 cm³/mol. The summed E-state index contributed by atoms with van der Waals surface area (Å²) >= 11 is 0. The highest BCUT2D eigenvalue weighted by Crippen LogP contribution is 2.27. The van der Waals surface area contributed by atoms with Crippen LogP contribution in [0.25, 0.3) is 0 Å². The molecule has 2 atom stereocenters. The second kappa shape index (κ2) is 8.62. The molecule has 4 rings (SSSR count). The van der Waals surface area contributed by atoms with Crippen molar-refractivity contribution in [3.63, 3.8) is 0 Å². The lowest BCUT2D eigenvalue weighted by molar-refractivity contribution is -0.138. The fraction of sp³-hybridized carbons (Fsp3) is 0.636. The van der Waals surface area contributed by atoms with Gasteiger partial charge in [-0.1, -0.05) is 18.2 Å². The smallest absolute Gasteiger partial charge is 0.241 e. The molecule has 3 aliphatic rings. The molecule has 0 unspecified atom stereocenters. The first-order valence-corrected chi connectivity index (χ1v) is 10.7. The molecule has 0 aromatic heterocycles. The Morgan fingerprint density at radius 3 is 2.68 bits per heavy atom. The number of para-hydroxylation sites is 1. The third kappa shape index (κ3) is 4.23. The zero-order valence-corrected chi connectivity index (χ0v) is 16.9. The van der Waals surface area contributed by atoms with Gasteiger partial charge in [0.1, 0.15) is 0 Å². The standard InChI is InChI=1S/C22H32N4O2/c1-17-15-19(8-9-23-17)22(28)25-13-11-24(12-14-25)16-21(27)26-10-4-6-18-5-2-3-7-20(18)26/h2-3,5,7,17,19,23H,4,6,8-16H2,1H3/t17-,19-/m0/s1. The zero-order chi connectivity index (χ0) is 19.5. The van der Waals surface area contributed by atoms with Gasteiger partial charge in [0.05, 0.1) is 6.54 Å². The van der Waals surface area contributed by atoms with E-state index < -0.39 is 0 Å². The molecule has 2 amide bonds. The average molecular weight is 385 g/mol. The van der Waals surface area contributed by atoms with Gasteiger partial charge in [-0.2, -0.15) is 0 Å². The first-order chi connectivity index (χ1) is 13.6. The van der Waals surface area contributed by atoms with E-state index in [9.17, 15) is 9.59 Å². The van der Waals surface area contributed by atoms with Gasteiger partial charge in [0, 0.05) is 50.4 Å². The van der Waals surface area contributed by atoms with Gasteiger partial charge in [0.2, 0.25) is 11.8 Å². The lowest BCUT2D eigenvalue weighted by Crippen LogP contribution is -2.54. The maximum atomic E-state index is 12.9. The van der Waals surface area contributed by atoms with E-state index in [4.69, 9.17) is 0 Å². The number of hydrogen-bond acceptors (Lipinski definition) is 4. The van der Waals surface area contributed by atoms with Gasteiger partial charge in [-0.05, 0) is 50.8 Å². The number of anilines is 1. The predicted octanol–water partition coefficient (Wildman–Crippen LogP) is 1.50. The number of piperidine rings is 1. The third-order valence-corrected chi connectivity index (χ3v) is 6.43. The molecule has 1 N–H and O–H groups in total. The number of nitrogens with one attached hydrogen (secondary N) is 1. The minimum atomic E-state index is 0.161. The van der Waals surface area contributed by atoms with Crippen LogP contribution in [0.3, 0.4) is 0 Å². The van der Waals surface area contributed by atoms with E-state index in [1.165, 1.54) is 5.56 Å². The topological polar surface area (TPSA) is 55.9 Å². The number of amides is 2. The highest BCUT2D eigenvalue weighted by molar-refractivity contribution is 5.96. The highest BCUT2D eigenvalue weighted by Gasteiger charge is 2.31. The Bertz CT molecular complexity index is 714. The van der Waals surface area contributed by atoms with Gasteiger partial charge in [-0.15, -0.1) is 0 Å². The van der Waals surface area contributed by atoms with Crippen molar-refractivity contribution in [1.82, 2.24) is 15.1 Å². The van der Waals surface area contributed by atoms with E-state index in [1.807, 2.05) is 21.9 Å². The molecular weight excluding hydrogens is 352 g/mol. The molecule has 0 saturated carbocycles. The van der Waals surface area contributed by atoms with Crippen LogP contribution < -0.4 is 10.2 Å². The van der Waals surface area contributed by atoms with E-state index >= 15 is 0 Å². The summed E-state index contributed by atoms with van der Waals surface area (Å²) in [6, 6.07) is 8.67. The second-order valence-corrected chi connectivity index (χ2v) is 8.46. The van der Waals surface area contributed by atoms with Gasteiger partial charge in [-0.25, -0.2) is 0 Å². The van der Waals surface area contributed by atoms with Crippen molar-refractivity contribution in [2.24, 2.45) is 5.92 Å². The minimum Gasteiger partial charge on any atom is -0.340 e. The molecule has 6 heteroatoms. The van der Waals surface area contributed by atoms with Gasteiger partial charge in [-0.3, -0.25) is 14.5 Å². The van der Waals surface area contributed by atoms with E-state index in [-0.39, 0.29) is 11.8 Å². The highest BCUT2D eigenvalue weighted by atomic mass is 16.2. The molecule has 152 valence electrons. The minimum absolute atomic E-state index is 0.161. The van der Waals surface area contributed by atoms with Crippen molar-refractivity contribution in [3.05, 3.63) is 29.8 Å². The van der Waals surface area contributed by atoms with Crippen molar-refractivity contribution in [1.29, 1.82) is 0 Å². The molecule has 6 nitrogen and oxygen atoms in total. The van der Waals surface area contributed by atoms with E-state index in [0.29, 0.717) is 18.5 Å². The Morgan fingerprint density at radius 2 is 1.89 bits per heavy atom. The molecule has 28 heavy (non-hydrogen) atoms. The van der Waals surface area contributed by atoms with Crippen LogP contribution in [-0.2, 0) is 16.0 Å². The van der Waals surface area contributed by atoms with Crippen molar-refractivity contribution < 1.29 is 9.59 Å². The molecule has 0 bridgehead atoms. The first kappa shape index (κ1) is 19.4.